The quantitative estimate of drug-likeness (QED) is 0.643. The summed E-state index contributed by atoms with van der Waals surface area (Å²) in [6, 6.07) is 16.2. The first-order chi connectivity index (χ1) is 14.0. The van der Waals surface area contributed by atoms with E-state index in [0.29, 0.717) is 12.1 Å². The lowest BCUT2D eigenvalue weighted by molar-refractivity contribution is 0.0958. The van der Waals surface area contributed by atoms with E-state index in [1.165, 1.54) is 11.1 Å². The SMILES string of the molecule is C=CCNC(=O)c1cnc2c(C3(C)C=C(c4ccccc4C)C=N3)cccc2c1. The molecule has 4 heteroatoms. The van der Waals surface area contributed by atoms with Crippen LogP contribution in [-0.2, 0) is 5.54 Å². The molecule has 1 N–H and O–H groups in total. The molecular weight excluding hydrogens is 358 g/mol. The molecule has 0 fully saturated rings. The van der Waals surface area contributed by atoms with Crippen LogP contribution in [0.25, 0.3) is 16.5 Å². The predicted octanol–water partition coefficient (Wildman–Crippen LogP) is 4.84. The zero-order valence-corrected chi connectivity index (χ0v) is 16.6. The molecule has 0 spiro atoms. The standard InChI is InChI=1S/C25H23N3O/c1-4-12-26-24(29)19-13-18-9-7-11-22(23(18)27-15-19)25(3)14-20(16-28-25)21-10-6-5-8-17(21)2/h4-11,13-16H,1,12H2,2-3H3,(H,26,29). The largest absolute Gasteiger partial charge is 0.349 e. The molecule has 0 saturated heterocycles. The first-order valence-electron chi connectivity index (χ1n) is 9.64. The van der Waals surface area contributed by atoms with E-state index in [1.807, 2.05) is 36.5 Å². The van der Waals surface area contributed by atoms with E-state index in [-0.39, 0.29) is 5.91 Å². The third-order valence-corrected chi connectivity index (χ3v) is 5.29. The van der Waals surface area contributed by atoms with Gasteiger partial charge in [-0.25, -0.2) is 0 Å². The summed E-state index contributed by atoms with van der Waals surface area (Å²) in [6.07, 6.45) is 7.41. The number of benzene rings is 2. The summed E-state index contributed by atoms with van der Waals surface area (Å²) in [7, 11) is 0. The van der Waals surface area contributed by atoms with Crippen molar-refractivity contribution in [3.63, 3.8) is 0 Å². The van der Waals surface area contributed by atoms with Crippen LogP contribution in [-0.4, -0.2) is 23.7 Å². The van der Waals surface area contributed by atoms with Crippen molar-refractivity contribution < 1.29 is 4.79 Å². The van der Waals surface area contributed by atoms with Gasteiger partial charge in [0.05, 0.1) is 11.1 Å². The minimum absolute atomic E-state index is 0.156. The average molecular weight is 381 g/mol. The zero-order chi connectivity index (χ0) is 20.4. The van der Waals surface area contributed by atoms with Crippen molar-refractivity contribution in [2.75, 3.05) is 6.54 Å². The number of hydrogen-bond acceptors (Lipinski definition) is 3. The number of allylic oxidation sites excluding steroid dienone is 1. The third kappa shape index (κ3) is 3.49. The lowest BCUT2D eigenvalue weighted by Crippen LogP contribution is -2.23. The van der Waals surface area contributed by atoms with E-state index < -0.39 is 5.54 Å². The molecule has 0 aliphatic carbocycles. The number of pyridine rings is 1. The first-order valence-corrected chi connectivity index (χ1v) is 9.64. The molecule has 4 nitrogen and oxygen atoms in total. The van der Waals surface area contributed by atoms with Gasteiger partial charge in [0.2, 0.25) is 0 Å². The Morgan fingerprint density at radius 1 is 1.21 bits per heavy atom. The van der Waals surface area contributed by atoms with Gasteiger partial charge in [0.15, 0.2) is 0 Å². The number of hydrogen-bond donors (Lipinski definition) is 1. The van der Waals surface area contributed by atoms with Crippen LogP contribution in [0.5, 0.6) is 0 Å². The Bertz CT molecular complexity index is 1180. The van der Waals surface area contributed by atoms with Gasteiger partial charge in [0, 0.05) is 29.9 Å². The second-order valence-corrected chi connectivity index (χ2v) is 7.42. The van der Waals surface area contributed by atoms with E-state index >= 15 is 0 Å². The number of fused-ring (bicyclic) bond motifs is 1. The smallest absolute Gasteiger partial charge is 0.253 e. The van der Waals surface area contributed by atoms with Crippen molar-refractivity contribution in [3.8, 4) is 0 Å². The van der Waals surface area contributed by atoms with Crippen LogP contribution in [0.3, 0.4) is 0 Å². The fourth-order valence-electron chi connectivity index (χ4n) is 3.73. The molecule has 1 amide bonds. The van der Waals surface area contributed by atoms with E-state index in [9.17, 15) is 4.79 Å². The summed E-state index contributed by atoms with van der Waals surface area (Å²) in [5.41, 5.74) is 5.44. The topological polar surface area (TPSA) is 54.4 Å². The maximum atomic E-state index is 12.3. The lowest BCUT2D eigenvalue weighted by atomic mass is 9.89. The fourth-order valence-corrected chi connectivity index (χ4v) is 3.73. The van der Waals surface area contributed by atoms with Crippen LogP contribution < -0.4 is 5.32 Å². The van der Waals surface area contributed by atoms with E-state index in [1.54, 1.807) is 12.3 Å². The molecule has 4 rings (SSSR count). The van der Waals surface area contributed by atoms with Gasteiger partial charge in [0.1, 0.15) is 5.54 Å². The van der Waals surface area contributed by atoms with Crippen LogP contribution in [0, 0.1) is 6.92 Å². The number of aryl methyl sites for hydroxylation is 1. The van der Waals surface area contributed by atoms with Gasteiger partial charge in [-0.1, -0.05) is 48.5 Å². The van der Waals surface area contributed by atoms with Gasteiger partial charge in [-0.2, -0.15) is 0 Å². The molecule has 1 aliphatic heterocycles. The van der Waals surface area contributed by atoms with Crippen molar-refractivity contribution in [3.05, 3.63) is 95.7 Å². The monoisotopic (exact) mass is 381 g/mol. The van der Waals surface area contributed by atoms with Crippen molar-refractivity contribution in [2.45, 2.75) is 19.4 Å². The Hall–Kier alpha value is -3.53. The molecule has 3 aromatic rings. The molecule has 2 heterocycles. The molecule has 0 saturated carbocycles. The van der Waals surface area contributed by atoms with Crippen LogP contribution in [0.15, 0.2) is 78.5 Å². The molecule has 1 unspecified atom stereocenters. The summed E-state index contributed by atoms with van der Waals surface area (Å²) >= 11 is 0. The summed E-state index contributed by atoms with van der Waals surface area (Å²) in [4.78, 5) is 21.7. The lowest BCUT2D eigenvalue weighted by Gasteiger charge is -2.21. The van der Waals surface area contributed by atoms with Gasteiger partial charge in [-0.3, -0.25) is 14.8 Å². The number of carbonyl (C=O) groups is 1. The number of aromatic nitrogens is 1. The highest BCUT2D eigenvalue weighted by Crippen LogP contribution is 2.38. The highest BCUT2D eigenvalue weighted by molar-refractivity contribution is 6.13. The first kappa shape index (κ1) is 18.8. The van der Waals surface area contributed by atoms with Crippen LogP contribution in [0.2, 0.25) is 0 Å². The maximum absolute atomic E-state index is 12.3. The second kappa shape index (κ2) is 7.47. The number of nitrogens with zero attached hydrogens (tertiary/aromatic N) is 2. The highest BCUT2D eigenvalue weighted by Gasteiger charge is 2.30. The minimum atomic E-state index is -0.503. The van der Waals surface area contributed by atoms with Crippen LogP contribution in [0.1, 0.15) is 34.0 Å². The summed E-state index contributed by atoms with van der Waals surface area (Å²) < 4.78 is 0. The number of para-hydroxylation sites is 1. The minimum Gasteiger partial charge on any atom is -0.349 e. The number of carbonyl (C=O) groups excluding carboxylic acids is 1. The Balaban J connectivity index is 1.75. The Morgan fingerprint density at radius 3 is 2.83 bits per heavy atom. The molecule has 29 heavy (non-hydrogen) atoms. The fraction of sp³-hybridized carbons (Fsp3) is 0.160. The number of aliphatic imine (C=N–C) groups is 1. The maximum Gasteiger partial charge on any atom is 0.253 e. The van der Waals surface area contributed by atoms with Crippen molar-refractivity contribution in [2.24, 2.45) is 4.99 Å². The molecule has 2 aromatic carbocycles. The van der Waals surface area contributed by atoms with Gasteiger partial charge in [-0.05, 0) is 42.7 Å². The molecule has 0 bridgehead atoms. The molecule has 1 atom stereocenters. The van der Waals surface area contributed by atoms with E-state index in [2.05, 4.69) is 55.0 Å². The Labute approximate surface area is 170 Å². The highest BCUT2D eigenvalue weighted by atomic mass is 16.1. The van der Waals surface area contributed by atoms with Crippen molar-refractivity contribution >= 4 is 28.6 Å². The van der Waals surface area contributed by atoms with Gasteiger partial charge in [-0.15, -0.1) is 6.58 Å². The Kier molecular flexibility index (Phi) is 4.85. The summed E-state index contributed by atoms with van der Waals surface area (Å²) in [6.45, 7) is 8.25. The molecular formula is C25H23N3O. The average Bonchev–Trinajstić information content (AvgIpc) is 3.14. The number of nitrogens with one attached hydrogen (secondary N) is 1. The normalized spacial score (nSPS) is 17.9. The van der Waals surface area contributed by atoms with Crippen LogP contribution in [0.4, 0.5) is 0 Å². The van der Waals surface area contributed by atoms with Crippen molar-refractivity contribution in [1.29, 1.82) is 0 Å². The molecule has 0 radical (unpaired) electrons. The van der Waals surface area contributed by atoms with Gasteiger partial charge in [0.25, 0.3) is 5.91 Å². The summed E-state index contributed by atoms with van der Waals surface area (Å²) in [5.74, 6) is -0.156. The zero-order valence-electron chi connectivity index (χ0n) is 16.6. The second-order valence-electron chi connectivity index (χ2n) is 7.42. The van der Waals surface area contributed by atoms with E-state index in [4.69, 9.17) is 4.99 Å². The number of rotatable bonds is 5. The molecule has 1 aromatic heterocycles. The van der Waals surface area contributed by atoms with Crippen LogP contribution >= 0.6 is 0 Å². The van der Waals surface area contributed by atoms with Gasteiger partial charge < -0.3 is 5.32 Å². The predicted molar refractivity (Wildman–Crippen MR) is 119 cm³/mol. The van der Waals surface area contributed by atoms with Crippen molar-refractivity contribution in [1.82, 2.24) is 10.3 Å². The van der Waals surface area contributed by atoms with Gasteiger partial charge >= 0.3 is 0 Å². The number of amides is 1. The van der Waals surface area contributed by atoms with E-state index in [0.717, 1.165) is 22.0 Å². The molecule has 144 valence electrons. The summed E-state index contributed by atoms with van der Waals surface area (Å²) in [5, 5.41) is 3.71. The Morgan fingerprint density at radius 2 is 2.03 bits per heavy atom. The molecule has 1 aliphatic rings. The third-order valence-electron chi connectivity index (χ3n) is 5.29.